The molecule has 0 spiro atoms. The number of nitrogens with zero attached hydrogens (tertiary/aromatic N) is 4. The molecule has 5 heteroatoms. The Balaban J connectivity index is 1.37. The second-order valence-corrected chi connectivity index (χ2v) is 6.32. The van der Waals surface area contributed by atoms with Gasteiger partial charge in [0, 0.05) is 30.4 Å². The average Bonchev–Trinajstić information content (AvgIpc) is 3.14. The van der Waals surface area contributed by atoms with Gasteiger partial charge in [0.15, 0.2) is 5.82 Å². The number of pyridine rings is 1. The molecule has 0 amide bonds. The first-order chi connectivity index (χ1) is 11.9. The molecule has 122 valence electrons. The van der Waals surface area contributed by atoms with E-state index in [0.29, 0.717) is 5.92 Å². The summed E-state index contributed by atoms with van der Waals surface area (Å²) in [5.74, 6) is 2.29. The Hall–Kier alpha value is -2.53. The third kappa shape index (κ3) is 3.36. The molecular weight excluding hydrogens is 298 g/mol. The van der Waals surface area contributed by atoms with Crippen molar-refractivity contribution in [3.05, 3.63) is 66.2 Å². The topological polar surface area (TPSA) is 57.7 Å². The van der Waals surface area contributed by atoms with Crippen LogP contribution in [0.4, 0.5) is 0 Å². The summed E-state index contributed by atoms with van der Waals surface area (Å²) in [6.07, 6.45) is 6.01. The van der Waals surface area contributed by atoms with E-state index in [1.807, 2.05) is 48.8 Å². The van der Waals surface area contributed by atoms with Crippen molar-refractivity contribution in [3.8, 4) is 11.4 Å². The Bertz CT molecular complexity index is 761. The van der Waals surface area contributed by atoms with Crippen LogP contribution >= 0.6 is 0 Å². The maximum absolute atomic E-state index is 4.72. The maximum atomic E-state index is 4.72. The van der Waals surface area contributed by atoms with Gasteiger partial charge in [0.05, 0.1) is 0 Å². The Morgan fingerprint density at radius 2 is 1.88 bits per heavy atom. The zero-order valence-electron chi connectivity index (χ0n) is 13.6. The van der Waals surface area contributed by atoms with Crippen LogP contribution in [-0.2, 0) is 6.54 Å². The quantitative estimate of drug-likeness (QED) is 0.802. The highest BCUT2D eigenvalue weighted by atomic mass is 15.2. The van der Waals surface area contributed by atoms with Crippen LogP contribution in [0.1, 0.15) is 30.1 Å². The maximum Gasteiger partial charge on any atom is 0.181 e. The van der Waals surface area contributed by atoms with E-state index < -0.39 is 0 Å². The number of hydrogen-bond donors (Lipinski definition) is 1. The predicted octanol–water partition coefficient (Wildman–Crippen LogP) is 3.25. The van der Waals surface area contributed by atoms with Crippen LogP contribution < -0.4 is 0 Å². The zero-order chi connectivity index (χ0) is 16.2. The van der Waals surface area contributed by atoms with Crippen molar-refractivity contribution < 1.29 is 0 Å². The van der Waals surface area contributed by atoms with Gasteiger partial charge in [-0.15, -0.1) is 0 Å². The third-order valence-corrected chi connectivity index (χ3v) is 4.64. The fraction of sp³-hybridized carbons (Fsp3) is 0.316. The first-order valence-corrected chi connectivity index (χ1v) is 8.47. The monoisotopic (exact) mass is 319 g/mol. The van der Waals surface area contributed by atoms with Gasteiger partial charge in [-0.25, -0.2) is 4.98 Å². The lowest BCUT2D eigenvalue weighted by Gasteiger charge is -2.30. The van der Waals surface area contributed by atoms with Gasteiger partial charge >= 0.3 is 0 Å². The molecule has 5 nitrogen and oxygen atoms in total. The zero-order valence-corrected chi connectivity index (χ0v) is 13.6. The van der Waals surface area contributed by atoms with Gasteiger partial charge in [-0.2, -0.15) is 5.10 Å². The Morgan fingerprint density at radius 3 is 2.62 bits per heavy atom. The van der Waals surface area contributed by atoms with E-state index >= 15 is 0 Å². The Kier molecular flexibility index (Phi) is 4.34. The standard InChI is InChI=1S/C19H21N5/c1-2-6-16(7-3-1)18-21-19(23-22-18)17-8-11-24(12-9-17)14-15-5-4-10-20-13-15/h1-7,10,13,17H,8-9,11-12,14H2,(H,21,22,23). The normalized spacial score (nSPS) is 16.3. The number of aromatic amines is 1. The highest BCUT2D eigenvalue weighted by Crippen LogP contribution is 2.27. The summed E-state index contributed by atoms with van der Waals surface area (Å²) in [4.78, 5) is 11.4. The van der Waals surface area contributed by atoms with Gasteiger partial charge in [0.25, 0.3) is 0 Å². The summed E-state index contributed by atoms with van der Waals surface area (Å²) in [7, 11) is 0. The number of nitrogens with one attached hydrogen (secondary N) is 1. The molecule has 0 aliphatic carbocycles. The fourth-order valence-electron chi connectivity index (χ4n) is 3.29. The van der Waals surface area contributed by atoms with Crippen molar-refractivity contribution >= 4 is 0 Å². The number of benzene rings is 1. The molecule has 4 rings (SSSR count). The van der Waals surface area contributed by atoms with Crippen LogP contribution in [0.5, 0.6) is 0 Å². The summed E-state index contributed by atoms with van der Waals surface area (Å²) in [6, 6.07) is 14.3. The molecule has 1 aliphatic heterocycles. The number of piperidine rings is 1. The van der Waals surface area contributed by atoms with Crippen molar-refractivity contribution in [2.75, 3.05) is 13.1 Å². The molecule has 3 heterocycles. The number of aromatic nitrogens is 4. The van der Waals surface area contributed by atoms with Gasteiger partial charge in [-0.1, -0.05) is 36.4 Å². The summed E-state index contributed by atoms with van der Waals surface area (Å²) in [6.45, 7) is 3.15. The van der Waals surface area contributed by atoms with Gasteiger partial charge in [-0.05, 0) is 37.6 Å². The largest absolute Gasteiger partial charge is 0.299 e. The number of likely N-dealkylation sites (tertiary alicyclic amines) is 1. The van der Waals surface area contributed by atoms with Crippen LogP contribution in [-0.4, -0.2) is 38.2 Å². The Morgan fingerprint density at radius 1 is 1.04 bits per heavy atom. The summed E-state index contributed by atoms with van der Waals surface area (Å²) < 4.78 is 0. The highest BCUT2D eigenvalue weighted by Gasteiger charge is 2.23. The van der Waals surface area contributed by atoms with Crippen LogP contribution in [0.3, 0.4) is 0 Å². The van der Waals surface area contributed by atoms with E-state index in [1.54, 1.807) is 0 Å². The minimum absolute atomic E-state index is 0.472. The van der Waals surface area contributed by atoms with E-state index in [4.69, 9.17) is 4.98 Å². The van der Waals surface area contributed by atoms with E-state index in [2.05, 4.69) is 26.1 Å². The summed E-state index contributed by atoms with van der Waals surface area (Å²) >= 11 is 0. The van der Waals surface area contributed by atoms with Crippen LogP contribution in [0.15, 0.2) is 54.9 Å². The molecule has 1 aromatic carbocycles. The first-order valence-electron chi connectivity index (χ1n) is 8.47. The van der Waals surface area contributed by atoms with Gasteiger partial charge < -0.3 is 0 Å². The number of H-pyrrole nitrogens is 1. The van der Waals surface area contributed by atoms with Crippen molar-refractivity contribution in [2.45, 2.75) is 25.3 Å². The number of hydrogen-bond acceptors (Lipinski definition) is 4. The molecule has 1 saturated heterocycles. The average molecular weight is 319 g/mol. The van der Waals surface area contributed by atoms with Crippen molar-refractivity contribution in [1.82, 2.24) is 25.1 Å². The summed E-state index contributed by atoms with van der Waals surface area (Å²) in [5.41, 5.74) is 2.34. The van der Waals surface area contributed by atoms with Crippen LogP contribution in [0, 0.1) is 0 Å². The second kappa shape index (κ2) is 6.93. The van der Waals surface area contributed by atoms with Crippen molar-refractivity contribution in [3.63, 3.8) is 0 Å². The SMILES string of the molecule is c1ccc(-c2n[nH]c(C3CCN(Cc4cccnc4)CC3)n2)cc1. The first kappa shape index (κ1) is 15.0. The molecule has 0 unspecified atom stereocenters. The predicted molar refractivity (Wildman–Crippen MR) is 93.3 cm³/mol. The molecule has 0 saturated carbocycles. The van der Waals surface area contributed by atoms with Gasteiger partial charge in [0.1, 0.15) is 5.82 Å². The Labute approximate surface area is 141 Å². The smallest absolute Gasteiger partial charge is 0.181 e. The minimum atomic E-state index is 0.472. The lowest BCUT2D eigenvalue weighted by molar-refractivity contribution is 0.201. The lowest BCUT2D eigenvalue weighted by atomic mass is 9.96. The molecule has 2 aromatic heterocycles. The molecule has 1 fully saturated rings. The molecular formula is C19H21N5. The minimum Gasteiger partial charge on any atom is -0.299 e. The van der Waals surface area contributed by atoms with E-state index in [-0.39, 0.29) is 0 Å². The molecule has 1 aliphatic rings. The van der Waals surface area contributed by atoms with Gasteiger partial charge in [-0.3, -0.25) is 15.0 Å². The highest BCUT2D eigenvalue weighted by molar-refractivity contribution is 5.53. The molecule has 0 bridgehead atoms. The molecule has 0 radical (unpaired) electrons. The van der Waals surface area contributed by atoms with Crippen LogP contribution in [0.2, 0.25) is 0 Å². The van der Waals surface area contributed by atoms with E-state index in [0.717, 1.165) is 49.7 Å². The second-order valence-electron chi connectivity index (χ2n) is 6.32. The van der Waals surface area contributed by atoms with E-state index in [9.17, 15) is 0 Å². The number of rotatable bonds is 4. The molecule has 3 aromatic rings. The van der Waals surface area contributed by atoms with Crippen LogP contribution in [0.25, 0.3) is 11.4 Å². The fourth-order valence-corrected chi connectivity index (χ4v) is 3.29. The molecule has 24 heavy (non-hydrogen) atoms. The third-order valence-electron chi connectivity index (χ3n) is 4.64. The molecule has 1 N–H and O–H groups in total. The van der Waals surface area contributed by atoms with Crippen molar-refractivity contribution in [2.24, 2.45) is 0 Å². The van der Waals surface area contributed by atoms with E-state index in [1.165, 1.54) is 5.56 Å². The van der Waals surface area contributed by atoms with Crippen molar-refractivity contribution in [1.29, 1.82) is 0 Å². The van der Waals surface area contributed by atoms with Gasteiger partial charge in [0.2, 0.25) is 0 Å². The summed E-state index contributed by atoms with van der Waals surface area (Å²) in [5, 5.41) is 7.54. The lowest BCUT2D eigenvalue weighted by Crippen LogP contribution is -2.32. The molecule has 0 atom stereocenters.